The van der Waals surface area contributed by atoms with Gasteiger partial charge in [0, 0.05) is 6.54 Å². The normalized spacial score (nSPS) is 10.3. The maximum absolute atomic E-state index is 14.1. The first-order chi connectivity index (χ1) is 13.5. The van der Waals surface area contributed by atoms with Gasteiger partial charge in [0.2, 0.25) is 0 Å². The average molecular weight is 379 g/mol. The quantitative estimate of drug-likeness (QED) is 0.650. The number of carboxylic acids is 1. The summed E-state index contributed by atoms with van der Waals surface area (Å²) in [5, 5.41) is 11.5. The molecule has 6 heteroatoms. The Kier molecular flexibility index (Phi) is 6.01. The second-order valence-corrected chi connectivity index (χ2v) is 6.10. The lowest BCUT2D eigenvalue weighted by Gasteiger charge is -2.10. The van der Waals surface area contributed by atoms with Crippen molar-refractivity contribution in [2.45, 2.75) is 13.2 Å². The molecule has 2 N–H and O–H groups in total. The topological polar surface area (TPSA) is 75.6 Å². The molecule has 0 aromatic heterocycles. The number of carboxylic acid groups (broad SMARTS) is 1. The van der Waals surface area contributed by atoms with E-state index < -0.39 is 17.7 Å². The summed E-state index contributed by atoms with van der Waals surface area (Å²) in [6.07, 6.45) is 0. The summed E-state index contributed by atoms with van der Waals surface area (Å²) in [5.74, 6) is -1.86. The van der Waals surface area contributed by atoms with Crippen molar-refractivity contribution in [3.63, 3.8) is 0 Å². The number of halogens is 1. The summed E-state index contributed by atoms with van der Waals surface area (Å²) in [4.78, 5) is 23.2. The Bertz CT molecular complexity index is 972. The summed E-state index contributed by atoms with van der Waals surface area (Å²) >= 11 is 0. The SMILES string of the molecule is O=C(O)c1ccc(CNC(=O)c2cc(OCc3ccccc3)ccc2F)cc1. The fourth-order valence-corrected chi connectivity index (χ4v) is 2.55. The smallest absolute Gasteiger partial charge is 0.335 e. The zero-order chi connectivity index (χ0) is 19.9. The highest BCUT2D eigenvalue weighted by molar-refractivity contribution is 5.94. The highest BCUT2D eigenvalue weighted by Crippen LogP contribution is 2.18. The summed E-state index contributed by atoms with van der Waals surface area (Å²) in [6.45, 7) is 0.455. The van der Waals surface area contributed by atoms with Gasteiger partial charge in [-0.15, -0.1) is 0 Å². The largest absolute Gasteiger partial charge is 0.489 e. The zero-order valence-corrected chi connectivity index (χ0v) is 14.9. The Morgan fingerprint density at radius 3 is 2.32 bits per heavy atom. The molecule has 0 aliphatic heterocycles. The van der Waals surface area contributed by atoms with Crippen molar-refractivity contribution in [3.8, 4) is 5.75 Å². The van der Waals surface area contributed by atoms with E-state index in [1.54, 1.807) is 12.1 Å². The molecule has 0 spiro atoms. The van der Waals surface area contributed by atoms with Gasteiger partial charge in [-0.05, 0) is 41.5 Å². The molecule has 0 saturated carbocycles. The van der Waals surface area contributed by atoms with Crippen LogP contribution in [0.1, 0.15) is 31.8 Å². The predicted molar refractivity (Wildman–Crippen MR) is 102 cm³/mol. The van der Waals surface area contributed by atoms with E-state index in [0.717, 1.165) is 5.56 Å². The van der Waals surface area contributed by atoms with Crippen molar-refractivity contribution < 1.29 is 23.8 Å². The summed E-state index contributed by atoms with van der Waals surface area (Å²) in [5.41, 5.74) is 1.70. The number of carbonyl (C=O) groups is 2. The fourth-order valence-electron chi connectivity index (χ4n) is 2.55. The summed E-state index contributed by atoms with van der Waals surface area (Å²) < 4.78 is 19.7. The van der Waals surface area contributed by atoms with Gasteiger partial charge in [-0.3, -0.25) is 4.79 Å². The highest BCUT2D eigenvalue weighted by atomic mass is 19.1. The number of hydrogen-bond acceptors (Lipinski definition) is 3. The van der Waals surface area contributed by atoms with E-state index in [1.807, 2.05) is 30.3 Å². The number of rotatable bonds is 7. The van der Waals surface area contributed by atoms with Crippen LogP contribution in [0.25, 0.3) is 0 Å². The van der Waals surface area contributed by atoms with Gasteiger partial charge in [0.05, 0.1) is 11.1 Å². The highest BCUT2D eigenvalue weighted by Gasteiger charge is 2.13. The molecule has 3 aromatic carbocycles. The average Bonchev–Trinajstić information content (AvgIpc) is 2.72. The first-order valence-corrected chi connectivity index (χ1v) is 8.59. The van der Waals surface area contributed by atoms with Gasteiger partial charge in [0.1, 0.15) is 18.2 Å². The molecule has 0 bridgehead atoms. The van der Waals surface area contributed by atoms with E-state index in [1.165, 1.54) is 30.3 Å². The van der Waals surface area contributed by atoms with Crippen molar-refractivity contribution >= 4 is 11.9 Å². The van der Waals surface area contributed by atoms with E-state index in [2.05, 4.69) is 5.32 Å². The van der Waals surface area contributed by atoms with Gasteiger partial charge in [-0.2, -0.15) is 0 Å². The van der Waals surface area contributed by atoms with Gasteiger partial charge in [0.25, 0.3) is 5.91 Å². The number of amides is 1. The minimum atomic E-state index is -1.02. The van der Waals surface area contributed by atoms with Crippen LogP contribution in [-0.2, 0) is 13.2 Å². The number of ether oxygens (including phenoxy) is 1. The number of carbonyl (C=O) groups excluding carboxylic acids is 1. The molecule has 0 heterocycles. The van der Waals surface area contributed by atoms with E-state index in [9.17, 15) is 14.0 Å². The Hall–Kier alpha value is -3.67. The van der Waals surface area contributed by atoms with Crippen molar-refractivity contribution in [2.75, 3.05) is 0 Å². The van der Waals surface area contributed by atoms with Crippen LogP contribution in [0, 0.1) is 5.82 Å². The van der Waals surface area contributed by atoms with Crippen LogP contribution in [0.15, 0.2) is 72.8 Å². The van der Waals surface area contributed by atoms with Gasteiger partial charge < -0.3 is 15.2 Å². The number of benzene rings is 3. The van der Waals surface area contributed by atoms with Gasteiger partial charge >= 0.3 is 5.97 Å². The molecule has 0 fully saturated rings. The van der Waals surface area contributed by atoms with Crippen LogP contribution >= 0.6 is 0 Å². The standard InChI is InChI=1S/C22H18FNO4/c23-20-11-10-18(28-14-16-4-2-1-3-5-16)12-19(20)21(25)24-13-15-6-8-17(9-7-15)22(26)27/h1-12H,13-14H2,(H,24,25)(H,26,27). The van der Waals surface area contributed by atoms with Crippen molar-refractivity contribution in [1.82, 2.24) is 5.32 Å². The molecule has 5 nitrogen and oxygen atoms in total. The minimum Gasteiger partial charge on any atom is -0.489 e. The second-order valence-electron chi connectivity index (χ2n) is 6.10. The molecule has 0 unspecified atom stereocenters. The van der Waals surface area contributed by atoms with E-state index in [0.29, 0.717) is 17.9 Å². The number of aromatic carboxylic acids is 1. The Balaban J connectivity index is 1.63. The molecule has 3 rings (SSSR count). The third kappa shape index (κ3) is 4.94. The van der Waals surface area contributed by atoms with Crippen molar-refractivity contribution in [2.24, 2.45) is 0 Å². The number of hydrogen-bond donors (Lipinski definition) is 2. The first-order valence-electron chi connectivity index (χ1n) is 8.59. The summed E-state index contributed by atoms with van der Waals surface area (Å²) in [7, 11) is 0. The maximum Gasteiger partial charge on any atom is 0.335 e. The monoisotopic (exact) mass is 379 g/mol. The first kappa shape index (κ1) is 19.1. The molecule has 0 saturated heterocycles. The molecule has 0 aliphatic carbocycles. The molecule has 0 atom stereocenters. The van der Waals surface area contributed by atoms with Crippen LogP contribution in [0.2, 0.25) is 0 Å². The molecule has 0 aliphatic rings. The van der Waals surface area contributed by atoms with Gasteiger partial charge in [-0.1, -0.05) is 42.5 Å². The van der Waals surface area contributed by atoms with E-state index in [4.69, 9.17) is 9.84 Å². The molecule has 1 amide bonds. The van der Waals surface area contributed by atoms with Gasteiger partial charge in [-0.25, -0.2) is 9.18 Å². The van der Waals surface area contributed by atoms with Crippen LogP contribution in [0.4, 0.5) is 4.39 Å². The molecule has 0 radical (unpaired) electrons. The van der Waals surface area contributed by atoms with E-state index >= 15 is 0 Å². The molecule has 142 valence electrons. The van der Waals surface area contributed by atoms with Crippen molar-refractivity contribution in [1.29, 1.82) is 0 Å². The molecular weight excluding hydrogens is 361 g/mol. The minimum absolute atomic E-state index is 0.118. The predicted octanol–water partition coefficient (Wildman–Crippen LogP) is 4.03. The van der Waals surface area contributed by atoms with Crippen LogP contribution in [-0.4, -0.2) is 17.0 Å². The lowest BCUT2D eigenvalue weighted by Crippen LogP contribution is -2.24. The summed E-state index contributed by atoms with van der Waals surface area (Å²) in [6, 6.07) is 19.6. The Morgan fingerprint density at radius 2 is 1.64 bits per heavy atom. The van der Waals surface area contributed by atoms with Crippen molar-refractivity contribution in [3.05, 3.63) is 101 Å². The van der Waals surface area contributed by atoms with Crippen LogP contribution in [0.3, 0.4) is 0 Å². The fraction of sp³-hybridized carbons (Fsp3) is 0.0909. The van der Waals surface area contributed by atoms with Crippen LogP contribution in [0.5, 0.6) is 5.75 Å². The third-order valence-corrected chi connectivity index (χ3v) is 4.08. The Morgan fingerprint density at radius 1 is 0.929 bits per heavy atom. The maximum atomic E-state index is 14.1. The molecular formula is C22H18FNO4. The zero-order valence-electron chi connectivity index (χ0n) is 14.9. The van der Waals surface area contributed by atoms with Gasteiger partial charge in [0.15, 0.2) is 0 Å². The lowest BCUT2D eigenvalue weighted by molar-refractivity contribution is 0.0696. The van der Waals surface area contributed by atoms with Crippen LogP contribution < -0.4 is 10.1 Å². The Labute approximate surface area is 161 Å². The third-order valence-electron chi connectivity index (χ3n) is 4.08. The lowest BCUT2D eigenvalue weighted by atomic mass is 10.1. The molecule has 3 aromatic rings. The number of nitrogens with one attached hydrogen (secondary N) is 1. The van der Waals surface area contributed by atoms with E-state index in [-0.39, 0.29) is 17.7 Å². The molecule has 28 heavy (non-hydrogen) atoms. The second kappa shape index (κ2) is 8.81.